The van der Waals surface area contributed by atoms with Crippen LogP contribution in [-0.4, -0.2) is 25.2 Å². The van der Waals surface area contributed by atoms with E-state index >= 15 is 0 Å². The van der Waals surface area contributed by atoms with E-state index in [2.05, 4.69) is 5.32 Å². The number of hydrogen-bond acceptors (Lipinski definition) is 7. The van der Waals surface area contributed by atoms with Gasteiger partial charge in [0.05, 0.1) is 29.6 Å². The second-order valence-corrected chi connectivity index (χ2v) is 7.94. The van der Waals surface area contributed by atoms with Crippen molar-refractivity contribution in [1.82, 2.24) is 5.32 Å². The lowest BCUT2D eigenvalue weighted by atomic mass is 9.80. The Labute approximate surface area is 208 Å². The second kappa shape index (κ2) is 12.2. The zero-order valence-electron chi connectivity index (χ0n) is 19.0. The standard InChI is InChI=1S/C27H22ClN3O4/c1-18-23(26(32)35-15-7-13-29)24(20-11-5-12-21(28)16-20)25(22(17-30)31-18)27(33)34-14-6-10-19-8-3-2-4-9-19/h2-6,8-12,16,24,31H,7,14-15H2,1H3/b10-6+. The van der Waals surface area contributed by atoms with Gasteiger partial charge in [-0.1, -0.05) is 60.1 Å². The highest BCUT2D eigenvalue weighted by Gasteiger charge is 2.39. The fraction of sp³-hybridized carbons (Fsp3) is 0.185. The third kappa shape index (κ3) is 6.38. The van der Waals surface area contributed by atoms with Crippen LogP contribution in [-0.2, 0) is 19.1 Å². The molecule has 1 aliphatic rings. The predicted molar refractivity (Wildman–Crippen MR) is 130 cm³/mol. The third-order valence-corrected chi connectivity index (χ3v) is 5.40. The highest BCUT2D eigenvalue weighted by atomic mass is 35.5. The number of esters is 2. The van der Waals surface area contributed by atoms with Crippen molar-refractivity contribution in [2.24, 2.45) is 0 Å². The van der Waals surface area contributed by atoms with E-state index < -0.39 is 17.9 Å². The average Bonchev–Trinajstić information content (AvgIpc) is 2.86. The molecule has 0 radical (unpaired) electrons. The zero-order valence-corrected chi connectivity index (χ0v) is 19.7. The smallest absolute Gasteiger partial charge is 0.338 e. The summed E-state index contributed by atoms with van der Waals surface area (Å²) in [6.07, 6.45) is 3.51. The lowest BCUT2D eigenvalue weighted by Crippen LogP contribution is -2.33. The maximum Gasteiger partial charge on any atom is 0.338 e. The predicted octanol–water partition coefficient (Wildman–Crippen LogP) is 4.79. The number of hydrogen-bond donors (Lipinski definition) is 1. The Morgan fingerprint density at radius 2 is 1.80 bits per heavy atom. The molecule has 3 rings (SSSR count). The lowest BCUT2D eigenvalue weighted by molar-refractivity contribution is -0.139. The number of carbonyl (C=O) groups is 2. The molecule has 176 valence electrons. The number of carbonyl (C=O) groups excluding carboxylic acids is 2. The van der Waals surface area contributed by atoms with Crippen molar-refractivity contribution in [3.05, 3.63) is 99.4 Å². The molecule has 0 bridgehead atoms. The van der Waals surface area contributed by atoms with Gasteiger partial charge in [-0.05, 0) is 36.3 Å². The summed E-state index contributed by atoms with van der Waals surface area (Å²) in [5.74, 6) is -2.42. The largest absolute Gasteiger partial charge is 0.461 e. The molecular weight excluding hydrogens is 466 g/mol. The van der Waals surface area contributed by atoms with Gasteiger partial charge in [-0.25, -0.2) is 9.59 Å². The van der Waals surface area contributed by atoms with Crippen LogP contribution < -0.4 is 5.32 Å². The number of halogens is 1. The summed E-state index contributed by atoms with van der Waals surface area (Å²) in [5, 5.41) is 21.8. The van der Waals surface area contributed by atoms with E-state index in [4.69, 9.17) is 26.3 Å². The fourth-order valence-electron chi connectivity index (χ4n) is 3.64. The highest BCUT2D eigenvalue weighted by molar-refractivity contribution is 6.30. The van der Waals surface area contributed by atoms with Gasteiger partial charge in [-0.2, -0.15) is 10.5 Å². The first-order valence-electron chi connectivity index (χ1n) is 10.8. The lowest BCUT2D eigenvalue weighted by Gasteiger charge is -2.29. The Kier molecular flexibility index (Phi) is 8.83. The Balaban J connectivity index is 1.95. The monoisotopic (exact) mass is 487 g/mol. The Morgan fingerprint density at radius 1 is 1.06 bits per heavy atom. The van der Waals surface area contributed by atoms with Gasteiger partial charge < -0.3 is 14.8 Å². The summed E-state index contributed by atoms with van der Waals surface area (Å²) in [5.41, 5.74) is 1.89. The van der Waals surface area contributed by atoms with Crippen molar-refractivity contribution >= 4 is 29.6 Å². The quantitative estimate of drug-likeness (QED) is 0.420. The number of rotatable bonds is 8. The molecule has 35 heavy (non-hydrogen) atoms. The van der Waals surface area contributed by atoms with Crippen molar-refractivity contribution in [2.45, 2.75) is 19.3 Å². The SMILES string of the molecule is CC1=C(C(=O)OCCC#N)C(c2cccc(Cl)c2)C(C(=O)OC/C=C/c2ccccc2)=C(C#N)N1. The first-order chi connectivity index (χ1) is 17.0. The minimum absolute atomic E-state index is 0.0231. The molecule has 1 N–H and O–H groups in total. The van der Waals surface area contributed by atoms with E-state index in [1.807, 2.05) is 48.5 Å². The molecule has 0 aromatic heterocycles. The van der Waals surface area contributed by atoms with Crippen molar-refractivity contribution in [3.8, 4) is 12.1 Å². The minimum Gasteiger partial charge on any atom is -0.461 e. The molecule has 0 amide bonds. The Morgan fingerprint density at radius 3 is 2.49 bits per heavy atom. The van der Waals surface area contributed by atoms with Crippen molar-refractivity contribution in [3.63, 3.8) is 0 Å². The maximum atomic E-state index is 13.2. The molecule has 1 atom stereocenters. The molecule has 2 aromatic carbocycles. The number of allylic oxidation sites excluding steroid dienone is 2. The second-order valence-electron chi connectivity index (χ2n) is 7.51. The van der Waals surface area contributed by atoms with Gasteiger partial charge in [0.1, 0.15) is 25.0 Å². The van der Waals surface area contributed by atoms with E-state index in [1.54, 1.807) is 37.3 Å². The van der Waals surface area contributed by atoms with Crippen molar-refractivity contribution in [2.75, 3.05) is 13.2 Å². The van der Waals surface area contributed by atoms with Gasteiger partial charge in [0.2, 0.25) is 0 Å². The number of nitriles is 2. The van der Waals surface area contributed by atoms with Crippen LogP contribution in [0.5, 0.6) is 0 Å². The summed E-state index contributed by atoms with van der Waals surface area (Å²) in [7, 11) is 0. The van der Waals surface area contributed by atoms with Crippen molar-refractivity contribution in [1.29, 1.82) is 10.5 Å². The van der Waals surface area contributed by atoms with Crippen LogP contribution in [0.3, 0.4) is 0 Å². The molecule has 1 heterocycles. The molecule has 1 unspecified atom stereocenters. The Hall–Kier alpha value is -4.33. The van der Waals surface area contributed by atoms with Crippen LogP contribution in [0, 0.1) is 22.7 Å². The van der Waals surface area contributed by atoms with E-state index in [0.29, 0.717) is 16.3 Å². The van der Waals surface area contributed by atoms with Gasteiger partial charge in [0.25, 0.3) is 0 Å². The van der Waals surface area contributed by atoms with Gasteiger partial charge in [0, 0.05) is 10.7 Å². The molecule has 2 aromatic rings. The molecule has 0 saturated carbocycles. The molecule has 7 nitrogen and oxygen atoms in total. The third-order valence-electron chi connectivity index (χ3n) is 5.16. The molecule has 8 heteroatoms. The molecule has 0 aliphatic carbocycles. The summed E-state index contributed by atoms with van der Waals surface area (Å²) >= 11 is 6.20. The van der Waals surface area contributed by atoms with Gasteiger partial charge >= 0.3 is 11.9 Å². The first kappa shape index (κ1) is 25.3. The zero-order chi connectivity index (χ0) is 25.2. The fourth-order valence-corrected chi connectivity index (χ4v) is 3.84. The van der Waals surface area contributed by atoms with Crippen LogP contribution in [0.15, 0.2) is 83.2 Å². The van der Waals surface area contributed by atoms with E-state index in [0.717, 1.165) is 5.56 Å². The molecule has 0 saturated heterocycles. The average molecular weight is 488 g/mol. The topological polar surface area (TPSA) is 112 Å². The van der Waals surface area contributed by atoms with E-state index in [1.165, 1.54) is 0 Å². The highest BCUT2D eigenvalue weighted by Crippen LogP contribution is 2.39. The van der Waals surface area contributed by atoms with Crippen LogP contribution in [0.1, 0.15) is 30.4 Å². The number of nitrogens with zero attached hydrogens (tertiary/aromatic N) is 2. The van der Waals surface area contributed by atoms with E-state index in [-0.39, 0.29) is 36.5 Å². The van der Waals surface area contributed by atoms with Gasteiger partial charge in [-0.15, -0.1) is 0 Å². The first-order valence-corrected chi connectivity index (χ1v) is 11.1. The van der Waals surface area contributed by atoms with Gasteiger partial charge in [0.15, 0.2) is 0 Å². The van der Waals surface area contributed by atoms with Crippen LogP contribution in [0.25, 0.3) is 6.08 Å². The summed E-state index contributed by atoms with van der Waals surface area (Å²) in [6.45, 7) is 1.47. The van der Waals surface area contributed by atoms with Crippen molar-refractivity contribution < 1.29 is 19.1 Å². The summed E-state index contributed by atoms with van der Waals surface area (Å²) in [4.78, 5) is 26.2. The molecular formula is C27H22ClN3O4. The maximum absolute atomic E-state index is 13.2. The summed E-state index contributed by atoms with van der Waals surface area (Å²) < 4.78 is 10.7. The van der Waals surface area contributed by atoms with Crippen LogP contribution in [0.4, 0.5) is 0 Å². The molecule has 0 spiro atoms. The van der Waals surface area contributed by atoms with E-state index in [9.17, 15) is 14.9 Å². The Bertz CT molecular complexity index is 1280. The van der Waals surface area contributed by atoms with Crippen LogP contribution in [0.2, 0.25) is 5.02 Å². The van der Waals surface area contributed by atoms with Crippen LogP contribution >= 0.6 is 11.6 Å². The number of nitrogens with one attached hydrogen (secondary N) is 1. The number of ether oxygens (including phenoxy) is 2. The summed E-state index contributed by atoms with van der Waals surface area (Å²) in [6, 6.07) is 20.1. The number of benzene rings is 2. The number of dihydropyridines is 1. The molecule has 0 fully saturated rings. The van der Waals surface area contributed by atoms with Gasteiger partial charge in [-0.3, -0.25) is 0 Å². The molecule has 1 aliphatic heterocycles. The normalized spacial score (nSPS) is 15.3. The minimum atomic E-state index is -0.954.